The molecule has 0 radical (unpaired) electrons. The van der Waals surface area contributed by atoms with Crippen LogP contribution >= 0.6 is 0 Å². The van der Waals surface area contributed by atoms with Crippen molar-refractivity contribution in [2.45, 2.75) is 38.8 Å². The average molecular weight is 363 g/mol. The van der Waals surface area contributed by atoms with Crippen LogP contribution < -0.4 is 15.4 Å². The topological polar surface area (TPSA) is 58.1 Å². The van der Waals surface area contributed by atoms with Gasteiger partial charge in [0.25, 0.3) is 0 Å². The van der Waals surface area contributed by atoms with E-state index >= 15 is 0 Å². The van der Waals surface area contributed by atoms with Gasteiger partial charge in [0.2, 0.25) is 0 Å². The van der Waals surface area contributed by atoms with E-state index in [0.717, 1.165) is 18.3 Å². The van der Waals surface area contributed by atoms with Crippen molar-refractivity contribution in [2.75, 3.05) is 47.0 Å². The largest absolute Gasteiger partial charge is 0.491 e. The fraction of sp³-hybridized carbons (Fsp3) is 0.650. The molecule has 0 atom stereocenters. The molecule has 1 saturated heterocycles. The third-order valence-corrected chi connectivity index (χ3v) is 4.63. The summed E-state index contributed by atoms with van der Waals surface area (Å²) in [5.74, 6) is 1.74. The Labute approximate surface area is 158 Å². The van der Waals surface area contributed by atoms with Crippen molar-refractivity contribution in [3.8, 4) is 5.75 Å². The van der Waals surface area contributed by atoms with E-state index in [-0.39, 0.29) is 0 Å². The minimum atomic E-state index is 0.505. The van der Waals surface area contributed by atoms with E-state index in [1.165, 1.54) is 44.5 Å². The van der Waals surface area contributed by atoms with Crippen LogP contribution in [0.2, 0.25) is 0 Å². The first-order valence-corrected chi connectivity index (χ1v) is 9.65. The molecule has 1 heterocycles. The van der Waals surface area contributed by atoms with E-state index in [9.17, 15) is 0 Å². The van der Waals surface area contributed by atoms with Crippen molar-refractivity contribution in [1.82, 2.24) is 15.5 Å². The number of piperidine rings is 1. The zero-order valence-corrected chi connectivity index (χ0v) is 16.5. The molecule has 1 aliphatic rings. The number of nitrogens with one attached hydrogen (secondary N) is 2. The standard InChI is InChI=1S/C20H34N4O2/c1-4-11-24-12-9-18(10-13-24)23-20(21-2)22-16-17-5-7-19(8-6-17)26-15-14-25-3/h5-8,18H,4,9-16H2,1-3H3,(H2,21,22,23). The van der Waals surface area contributed by atoms with Gasteiger partial charge in [-0.3, -0.25) is 4.99 Å². The first-order valence-electron chi connectivity index (χ1n) is 9.65. The predicted molar refractivity (Wildman–Crippen MR) is 107 cm³/mol. The predicted octanol–water partition coefficient (Wildman–Crippen LogP) is 2.25. The number of benzene rings is 1. The number of hydrogen-bond donors (Lipinski definition) is 2. The van der Waals surface area contributed by atoms with Crippen molar-refractivity contribution in [3.63, 3.8) is 0 Å². The van der Waals surface area contributed by atoms with E-state index in [4.69, 9.17) is 9.47 Å². The van der Waals surface area contributed by atoms with Gasteiger partial charge in [0.05, 0.1) is 6.61 Å². The van der Waals surface area contributed by atoms with Crippen LogP contribution in [-0.2, 0) is 11.3 Å². The maximum atomic E-state index is 5.59. The van der Waals surface area contributed by atoms with E-state index in [1.807, 2.05) is 19.2 Å². The van der Waals surface area contributed by atoms with Gasteiger partial charge in [-0.25, -0.2) is 0 Å². The fourth-order valence-corrected chi connectivity index (χ4v) is 3.14. The summed E-state index contributed by atoms with van der Waals surface area (Å²) in [5.41, 5.74) is 1.20. The number of ether oxygens (including phenoxy) is 2. The van der Waals surface area contributed by atoms with E-state index in [1.54, 1.807) is 7.11 Å². The molecule has 2 rings (SSSR count). The van der Waals surface area contributed by atoms with Gasteiger partial charge in [-0.05, 0) is 43.5 Å². The molecule has 0 bridgehead atoms. The molecule has 1 aromatic carbocycles. The summed E-state index contributed by atoms with van der Waals surface area (Å²) >= 11 is 0. The first kappa shape index (κ1) is 20.5. The summed E-state index contributed by atoms with van der Waals surface area (Å²) < 4.78 is 10.6. The Morgan fingerprint density at radius 1 is 1.19 bits per heavy atom. The van der Waals surface area contributed by atoms with Crippen LogP contribution in [0.4, 0.5) is 0 Å². The number of hydrogen-bond acceptors (Lipinski definition) is 4. The van der Waals surface area contributed by atoms with E-state index in [2.05, 4.69) is 39.6 Å². The lowest BCUT2D eigenvalue weighted by atomic mass is 10.1. The molecule has 0 saturated carbocycles. The Kier molecular flexibility index (Phi) is 9.28. The van der Waals surface area contributed by atoms with Crippen LogP contribution in [0.1, 0.15) is 31.7 Å². The summed E-state index contributed by atoms with van der Waals surface area (Å²) in [5, 5.41) is 6.96. The smallest absolute Gasteiger partial charge is 0.191 e. The van der Waals surface area contributed by atoms with Gasteiger partial charge >= 0.3 is 0 Å². The van der Waals surface area contributed by atoms with Crippen molar-refractivity contribution >= 4 is 5.96 Å². The van der Waals surface area contributed by atoms with E-state index in [0.29, 0.717) is 19.3 Å². The molecule has 1 aliphatic heterocycles. The van der Waals surface area contributed by atoms with Crippen LogP contribution in [0, 0.1) is 0 Å². The molecular weight excluding hydrogens is 328 g/mol. The van der Waals surface area contributed by atoms with Gasteiger partial charge in [-0.15, -0.1) is 0 Å². The van der Waals surface area contributed by atoms with Gasteiger partial charge in [-0.2, -0.15) is 0 Å². The monoisotopic (exact) mass is 362 g/mol. The number of guanidine groups is 1. The highest BCUT2D eigenvalue weighted by Gasteiger charge is 2.19. The fourth-order valence-electron chi connectivity index (χ4n) is 3.14. The molecule has 0 aliphatic carbocycles. The molecule has 1 fully saturated rings. The Morgan fingerprint density at radius 3 is 2.54 bits per heavy atom. The second-order valence-corrected chi connectivity index (χ2v) is 6.67. The number of methoxy groups -OCH3 is 1. The van der Waals surface area contributed by atoms with Crippen LogP contribution in [0.3, 0.4) is 0 Å². The molecule has 0 spiro atoms. The van der Waals surface area contributed by atoms with Crippen molar-refractivity contribution < 1.29 is 9.47 Å². The Hall–Kier alpha value is -1.79. The SMILES string of the molecule is CCCN1CCC(NC(=NC)NCc2ccc(OCCOC)cc2)CC1. The lowest BCUT2D eigenvalue weighted by Gasteiger charge is -2.32. The Balaban J connectivity index is 1.71. The van der Waals surface area contributed by atoms with Crippen LogP contribution in [-0.4, -0.2) is 63.9 Å². The highest BCUT2D eigenvalue weighted by Crippen LogP contribution is 2.12. The second kappa shape index (κ2) is 11.8. The molecule has 0 unspecified atom stereocenters. The number of aliphatic imine (C=N–C) groups is 1. The quantitative estimate of drug-likeness (QED) is 0.401. The summed E-state index contributed by atoms with van der Waals surface area (Å²) in [4.78, 5) is 6.91. The molecule has 2 N–H and O–H groups in total. The zero-order chi connectivity index (χ0) is 18.6. The molecule has 6 heteroatoms. The number of rotatable bonds is 9. The maximum absolute atomic E-state index is 5.59. The summed E-state index contributed by atoms with van der Waals surface area (Å²) in [6.07, 6.45) is 3.58. The second-order valence-electron chi connectivity index (χ2n) is 6.67. The Bertz CT molecular complexity index is 525. The van der Waals surface area contributed by atoms with Crippen LogP contribution in [0.5, 0.6) is 5.75 Å². The number of nitrogens with zero attached hydrogens (tertiary/aromatic N) is 2. The summed E-state index contributed by atoms with van der Waals surface area (Å²) in [6, 6.07) is 8.64. The molecule has 0 amide bonds. The van der Waals surface area contributed by atoms with Gasteiger partial charge in [-0.1, -0.05) is 19.1 Å². The minimum Gasteiger partial charge on any atom is -0.491 e. The Morgan fingerprint density at radius 2 is 1.92 bits per heavy atom. The molecular formula is C20H34N4O2. The lowest BCUT2D eigenvalue weighted by Crippen LogP contribution is -2.48. The van der Waals surface area contributed by atoms with Gasteiger partial charge in [0.15, 0.2) is 5.96 Å². The molecule has 1 aromatic rings. The zero-order valence-electron chi connectivity index (χ0n) is 16.5. The summed E-state index contributed by atoms with van der Waals surface area (Å²) in [6.45, 7) is 7.72. The third-order valence-electron chi connectivity index (χ3n) is 4.63. The summed E-state index contributed by atoms with van der Waals surface area (Å²) in [7, 11) is 3.50. The maximum Gasteiger partial charge on any atom is 0.191 e. The van der Waals surface area contributed by atoms with Gasteiger partial charge < -0.3 is 25.0 Å². The van der Waals surface area contributed by atoms with Gasteiger partial charge in [0, 0.05) is 39.8 Å². The number of likely N-dealkylation sites (tertiary alicyclic amines) is 1. The molecule has 146 valence electrons. The van der Waals surface area contributed by atoms with Crippen molar-refractivity contribution in [1.29, 1.82) is 0 Å². The highest BCUT2D eigenvalue weighted by atomic mass is 16.5. The first-order chi connectivity index (χ1) is 12.7. The highest BCUT2D eigenvalue weighted by molar-refractivity contribution is 5.79. The molecule has 26 heavy (non-hydrogen) atoms. The molecule has 6 nitrogen and oxygen atoms in total. The molecule has 0 aromatic heterocycles. The van der Waals surface area contributed by atoms with E-state index < -0.39 is 0 Å². The van der Waals surface area contributed by atoms with Crippen molar-refractivity contribution in [2.24, 2.45) is 4.99 Å². The minimum absolute atomic E-state index is 0.505. The average Bonchev–Trinajstić information content (AvgIpc) is 2.68. The van der Waals surface area contributed by atoms with Gasteiger partial charge in [0.1, 0.15) is 12.4 Å². The van der Waals surface area contributed by atoms with Crippen LogP contribution in [0.15, 0.2) is 29.3 Å². The normalized spacial score (nSPS) is 16.5. The third kappa shape index (κ3) is 7.22. The van der Waals surface area contributed by atoms with Crippen LogP contribution in [0.25, 0.3) is 0 Å². The lowest BCUT2D eigenvalue weighted by molar-refractivity contribution is 0.146. The van der Waals surface area contributed by atoms with Crippen molar-refractivity contribution in [3.05, 3.63) is 29.8 Å².